The van der Waals surface area contributed by atoms with Gasteiger partial charge >= 0.3 is 0 Å². The number of nitrogens with zero attached hydrogens (tertiary/aromatic N) is 2. The van der Waals surface area contributed by atoms with E-state index in [0.717, 1.165) is 24.5 Å². The van der Waals surface area contributed by atoms with Crippen molar-refractivity contribution in [2.45, 2.75) is 36.7 Å². The molecular weight excluding hydrogens is 254 g/mol. The second kappa shape index (κ2) is 5.39. The van der Waals surface area contributed by atoms with Gasteiger partial charge in [0.2, 0.25) is 0 Å². The Kier molecular flexibility index (Phi) is 3.62. The van der Waals surface area contributed by atoms with E-state index in [1.54, 1.807) is 0 Å². The maximum Gasteiger partial charge on any atom is 0.110 e. The van der Waals surface area contributed by atoms with Crippen molar-refractivity contribution in [3.8, 4) is 0 Å². The summed E-state index contributed by atoms with van der Waals surface area (Å²) in [5, 5.41) is 0. The number of hydrogen-bond donors (Lipinski definition) is 1. The van der Waals surface area contributed by atoms with Gasteiger partial charge in [-0.2, -0.15) is 0 Å². The number of hydrogen-bond acceptors (Lipinski definition) is 3. The molecule has 0 radical (unpaired) electrons. The van der Waals surface area contributed by atoms with Crippen LogP contribution in [0, 0.1) is 0 Å². The van der Waals surface area contributed by atoms with Gasteiger partial charge in [0.05, 0.1) is 0 Å². The van der Waals surface area contributed by atoms with Gasteiger partial charge in [-0.1, -0.05) is 18.2 Å². The number of nitrogens with two attached hydrogens (primary N) is 1. The molecule has 4 heteroatoms. The van der Waals surface area contributed by atoms with Gasteiger partial charge < -0.3 is 10.3 Å². The summed E-state index contributed by atoms with van der Waals surface area (Å²) in [5.41, 5.74) is 7.36. The van der Waals surface area contributed by atoms with Gasteiger partial charge in [0.1, 0.15) is 5.82 Å². The fourth-order valence-corrected chi connectivity index (χ4v) is 3.84. The third-order valence-corrected chi connectivity index (χ3v) is 4.77. The largest absolute Gasteiger partial charge is 0.334 e. The van der Waals surface area contributed by atoms with E-state index in [2.05, 4.69) is 40.0 Å². The van der Waals surface area contributed by atoms with Gasteiger partial charge in [0.25, 0.3) is 0 Å². The summed E-state index contributed by atoms with van der Waals surface area (Å²) in [6.45, 7) is 3.03. The van der Waals surface area contributed by atoms with E-state index in [4.69, 9.17) is 5.73 Å². The van der Waals surface area contributed by atoms with Gasteiger partial charge in [-0.05, 0) is 18.6 Å². The van der Waals surface area contributed by atoms with Crippen LogP contribution in [-0.4, -0.2) is 21.3 Å². The number of benzene rings is 1. The van der Waals surface area contributed by atoms with Crippen molar-refractivity contribution in [2.75, 3.05) is 5.75 Å². The molecule has 3 rings (SSSR count). The topological polar surface area (TPSA) is 43.8 Å². The summed E-state index contributed by atoms with van der Waals surface area (Å²) in [4.78, 5) is 5.86. The van der Waals surface area contributed by atoms with Crippen LogP contribution < -0.4 is 5.73 Å². The van der Waals surface area contributed by atoms with Crippen LogP contribution in [0.1, 0.15) is 24.2 Å². The minimum atomic E-state index is 0.159. The lowest BCUT2D eigenvalue weighted by atomic mass is 10.0. The van der Waals surface area contributed by atoms with Gasteiger partial charge in [0, 0.05) is 48.0 Å². The van der Waals surface area contributed by atoms with E-state index < -0.39 is 0 Å². The first kappa shape index (κ1) is 12.8. The second-order valence-electron chi connectivity index (χ2n) is 5.22. The highest BCUT2D eigenvalue weighted by molar-refractivity contribution is 7.99. The average molecular weight is 273 g/mol. The summed E-state index contributed by atoms with van der Waals surface area (Å²) < 4.78 is 2.26. The Morgan fingerprint density at radius 3 is 3.16 bits per heavy atom. The number of fused-ring (bicyclic) bond motifs is 1. The molecule has 2 unspecified atom stereocenters. The Balaban J connectivity index is 1.78. The average Bonchev–Trinajstić information content (AvgIpc) is 2.98. The predicted octanol–water partition coefficient (Wildman–Crippen LogP) is 2.66. The van der Waals surface area contributed by atoms with Gasteiger partial charge in [-0.3, -0.25) is 0 Å². The van der Waals surface area contributed by atoms with Crippen LogP contribution in [0.3, 0.4) is 0 Å². The number of aromatic nitrogens is 2. The molecule has 0 spiro atoms. The molecule has 1 aliphatic rings. The molecule has 2 aromatic rings. The smallest absolute Gasteiger partial charge is 0.110 e. The zero-order valence-electron chi connectivity index (χ0n) is 11.1. The van der Waals surface area contributed by atoms with Crippen LogP contribution in [0.25, 0.3) is 0 Å². The molecule has 3 nitrogen and oxygen atoms in total. The summed E-state index contributed by atoms with van der Waals surface area (Å²) in [6.07, 6.45) is 4.80. The van der Waals surface area contributed by atoms with Crippen molar-refractivity contribution in [1.82, 2.24) is 9.55 Å². The quantitative estimate of drug-likeness (QED) is 0.931. The Morgan fingerprint density at radius 1 is 1.47 bits per heavy atom. The van der Waals surface area contributed by atoms with Crippen molar-refractivity contribution >= 4 is 11.8 Å². The highest BCUT2D eigenvalue weighted by atomic mass is 32.2. The predicted molar refractivity (Wildman–Crippen MR) is 79.5 cm³/mol. The Bertz CT molecular complexity index is 562. The standard InChI is InChI=1S/C15H19N3S/c1-11(16)8-15-17-6-7-18(15)9-12-10-19-14-5-3-2-4-13(12)14/h2-7,11-12H,8-10,16H2,1H3. The number of rotatable bonds is 4. The monoisotopic (exact) mass is 273 g/mol. The van der Waals surface area contributed by atoms with E-state index in [1.807, 2.05) is 24.9 Å². The lowest BCUT2D eigenvalue weighted by molar-refractivity contribution is 0.562. The summed E-state index contributed by atoms with van der Waals surface area (Å²) in [7, 11) is 0. The van der Waals surface area contributed by atoms with Gasteiger partial charge in [0.15, 0.2) is 0 Å². The second-order valence-corrected chi connectivity index (χ2v) is 6.28. The van der Waals surface area contributed by atoms with Crippen LogP contribution in [0.4, 0.5) is 0 Å². The molecule has 0 saturated heterocycles. The molecule has 2 N–H and O–H groups in total. The minimum absolute atomic E-state index is 0.159. The third-order valence-electron chi connectivity index (χ3n) is 3.52. The normalized spacial score (nSPS) is 19.4. The lowest BCUT2D eigenvalue weighted by Gasteiger charge is -2.15. The molecule has 0 fully saturated rings. The molecule has 1 aromatic heterocycles. The van der Waals surface area contributed by atoms with Crippen LogP contribution in [0.2, 0.25) is 0 Å². The van der Waals surface area contributed by atoms with Crippen molar-refractivity contribution in [2.24, 2.45) is 5.73 Å². The summed E-state index contributed by atoms with van der Waals surface area (Å²) in [6, 6.07) is 8.88. The molecule has 0 aliphatic carbocycles. The maximum absolute atomic E-state index is 5.88. The minimum Gasteiger partial charge on any atom is -0.334 e. The molecule has 1 aromatic carbocycles. The van der Waals surface area contributed by atoms with E-state index in [0.29, 0.717) is 5.92 Å². The molecular formula is C15H19N3S. The van der Waals surface area contributed by atoms with Crippen LogP contribution >= 0.6 is 11.8 Å². The molecule has 100 valence electrons. The van der Waals surface area contributed by atoms with E-state index >= 15 is 0 Å². The first-order valence-corrected chi connectivity index (χ1v) is 7.70. The maximum atomic E-state index is 5.88. The molecule has 0 bridgehead atoms. The Hall–Kier alpha value is -1.26. The van der Waals surface area contributed by atoms with E-state index in [-0.39, 0.29) is 6.04 Å². The fraction of sp³-hybridized carbons (Fsp3) is 0.400. The van der Waals surface area contributed by atoms with E-state index in [9.17, 15) is 0 Å². The van der Waals surface area contributed by atoms with Gasteiger partial charge in [-0.25, -0.2) is 4.98 Å². The Morgan fingerprint density at radius 2 is 2.32 bits per heavy atom. The van der Waals surface area contributed by atoms with Crippen molar-refractivity contribution in [3.63, 3.8) is 0 Å². The number of thioether (sulfide) groups is 1. The molecule has 1 aliphatic heterocycles. The zero-order chi connectivity index (χ0) is 13.2. The van der Waals surface area contributed by atoms with Crippen LogP contribution in [0.5, 0.6) is 0 Å². The Labute approximate surface area is 118 Å². The van der Waals surface area contributed by atoms with Crippen molar-refractivity contribution in [1.29, 1.82) is 0 Å². The molecule has 0 saturated carbocycles. The van der Waals surface area contributed by atoms with Crippen molar-refractivity contribution < 1.29 is 0 Å². The molecule has 19 heavy (non-hydrogen) atoms. The summed E-state index contributed by atoms with van der Waals surface area (Å²) in [5.74, 6) is 2.85. The third kappa shape index (κ3) is 2.69. The first-order chi connectivity index (χ1) is 9.24. The molecule has 0 amide bonds. The van der Waals surface area contributed by atoms with Crippen molar-refractivity contribution in [3.05, 3.63) is 48.0 Å². The zero-order valence-corrected chi connectivity index (χ0v) is 11.9. The highest BCUT2D eigenvalue weighted by Crippen LogP contribution is 2.40. The fourth-order valence-electron chi connectivity index (χ4n) is 2.60. The van der Waals surface area contributed by atoms with E-state index in [1.165, 1.54) is 10.5 Å². The van der Waals surface area contributed by atoms with Gasteiger partial charge in [-0.15, -0.1) is 11.8 Å². The van der Waals surface area contributed by atoms with Crippen LogP contribution in [-0.2, 0) is 13.0 Å². The van der Waals surface area contributed by atoms with Crippen LogP contribution in [0.15, 0.2) is 41.6 Å². The number of imidazole rings is 1. The molecule has 2 atom stereocenters. The first-order valence-electron chi connectivity index (χ1n) is 6.71. The SMILES string of the molecule is CC(N)Cc1nccn1CC1CSc2ccccc21. The highest BCUT2D eigenvalue weighted by Gasteiger charge is 2.23. The molecule has 2 heterocycles. The summed E-state index contributed by atoms with van der Waals surface area (Å²) >= 11 is 1.96. The lowest BCUT2D eigenvalue weighted by Crippen LogP contribution is -2.21.